The number of nitrogens with zero attached hydrogens (tertiary/aromatic N) is 1. The van der Waals surface area contributed by atoms with E-state index in [1.807, 2.05) is 48.5 Å². The van der Waals surface area contributed by atoms with Crippen molar-refractivity contribution in [3.05, 3.63) is 54.1 Å². The molecule has 0 amide bonds. The standard InChI is InChI=1S/C16H18N2O3/c1-20-11-21-14-7-4-6-12(9-14)15-8-3-2-5-13(15)10-16(17)18-19/h2-9,19H,10-11H2,1H3,(H2,17,18). The van der Waals surface area contributed by atoms with E-state index in [-0.39, 0.29) is 12.6 Å². The van der Waals surface area contributed by atoms with Gasteiger partial charge in [-0.15, -0.1) is 0 Å². The first kappa shape index (κ1) is 14.9. The fraction of sp³-hybridized carbons (Fsp3) is 0.188. The Labute approximate surface area is 123 Å². The lowest BCUT2D eigenvalue weighted by molar-refractivity contribution is 0.0511. The summed E-state index contributed by atoms with van der Waals surface area (Å²) in [7, 11) is 1.58. The highest BCUT2D eigenvalue weighted by Crippen LogP contribution is 2.27. The maximum Gasteiger partial charge on any atom is 0.188 e. The van der Waals surface area contributed by atoms with Gasteiger partial charge in [0, 0.05) is 13.5 Å². The predicted molar refractivity (Wildman–Crippen MR) is 81.5 cm³/mol. The summed E-state index contributed by atoms with van der Waals surface area (Å²) in [6, 6.07) is 15.5. The number of methoxy groups -OCH3 is 1. The first-order chi connectivity index (χ1) is 10.2. The van der Waals surface area contributed by atoms with Gasteiger partial charge in [0.15, 0.2) is 6.79 Å². The van der Waals surface area contributed by atoms with E-state index in [0.29, 0.717) is 6.42 Å². The molecule has 0 aromatic heterocycles. The Morgan fingerprint density at radius 2 is 2.00 bits per heavy atom. The van der Waals surface area contributed by atoms with Crippen LogP contribution in [0.25, 0.3) is 11.1 Å². The van der Waals surface area contributed by atoms with E-state index in [2.05, 4.69) is 5.16 Å². The summed E-state index contributed by atoms with van der Waals surface area (Å²) < 4.78 is 10.3. The number of ether oxygens (including phenoxy) is 2. The molecule has 0 saturated carbocycles. The van der Waals surface area contributed by atoms with Gasteiger partial charge in [-0.1, -0.05) is 41.6 Å². The zero-order valence-corrected chi connectivity index (χ0v) is 11.8. The van der Waals surface area contributed by atoms with Gasteiger partial charge in [-0.05, 0) is 28.8 Å². The van der Waals surface area contributed by atoms with Crippen LogP contribution in [0.2, 0.25) is 0 Å². The van der Waals surface area contributed by atoms with Gasteiger partial charge in [-0.2, -0.15) is 0 Å². The number of benzene rings is 2. The number of nitrogens with two attached hydrogens (primary N) is 1. The molecule has 0 saturated heterocycles. The zero-order valence-electron chi connectivity index (χ0n) is 11.8. The van der Waals surface area contributed by atoms with Crippen LogP contribution in [0.1, 0.15) is 5.56 Å². The molecule has 0 heterocycles. The molecule has 0 fully saturated rings. The molecule has 3 N–H and O–H groups in total. The van der Waals surface area contributed by atoms with E-state index in [1.165, 1.54) is 0 Å². The van der Waals surface area contributed by atoms with Crippen molar-refractivity contribution < 1.29 is 14.7 Å². The third-order valence-corrected chi connectivity index (χ3v) is 3.01. The second-order valence-electron chi connectivity index (χ2n) is 4.50. The second kappa shape index (κ2) is 7.31. The van der Waals surface area contributed by atoms with E-state index in [4.69, 9.17) is 20.4 Å². The summed E-state index contributed by atoms with van der Waals surface area (Å²) in [4.78, 5) is 0. The molecule has 21 heavy (non-hydrogen) atoms. The summed E-state index contributed by atoms with van der Waals surface area (Å²) in [5.74, 6) is 0.905. The third kappa shape index (κ3) is 3.97. The molecular formula is C16H18N2O3. The molecule has 5 nitrogen and oxygen atoms in total. The lowest BCUT2D eigenvalue weighted by Crippen LogP contribution is -2.15. The summed E-state index contributed by atoms with van der Waals surface area (Å²) in [6.45, 7) is 0.204. The molecule has 0 atom stereocenters. The van der Waals surface area contributed by atoms with Gasteiger partial charge in [0.25, 0.3) is 0 Å². The first-order valence-corrected chi connectivity index (χ1v) is 6.51. The highest BCUT2D eigenvalue weighted by Gasteiger charge is 2.07. The van der Waals surface area contributed by atoms with Gasteiger partial charge in [0.2, 0.25) is 0 Å². The Morgan fingerprint density at radius 1 is 1.19 bits per heavy atom. The Bertz CT molecular complexity index is 626. The smallest absolute Gasteiger partial charge is 0.188 e. The Balaban J connectivity index is 2.33. The highest BCUT2D eigenvalue weighted by molar-refractivity contribution is 5.84. The number of amidine groups is 1. The van der Waals surface area contributed by atoms with Crippen LogP contribution < -0.4 is 10.5 Å². The molecule has 0 bridgehead atoms. The number of hydrogen-bond acceptors (Lipinski definition) is 4. The van der Waals surface area contributed by atoms with E-state index in [1.54, 1.807) is 7.11 Å². The van der Waals surface area contributed by atoms with E-state index in [0.717, 1.165) is 22.4 Å². The Morgan fingerprint density at radius 3 is 2.76 bits per heavy atom. The van der Waals surface area contributed by atoms with E-state index < -0.39 is 0 Å². The largest absolute Gasteiger partial charge is 0.468 e. The normalized spacial score (nSPS) is 11.4. The summed E-state index contributed by atoms with van der Waals surface area (Å²) in [5, 5.41) is 11.8. The topological polar surface area (TPSA) is 77.1 Å². The lowest BCUT2D eigenvalue weighted by atomic mass is 9.97. The number of rotatable bonds is 6. The van der Waals surface area contributed by atoms with Crippen LogP contribution in [0.3, 0.4) is 0 Å². The summed E-state index contributed by atoms with van der Waals surface area (Å²) >= 11 is 0. The minimum Gasteiger partial charge on any atom is -0.468 e. The van der Waals surface area contributed by atoms with Crippen LogP contribution in [0.15, 0.2) is 53.7 Å². The predicted octanol–water partition coefficient (Wildman–Crippen LogP) is 2.63. The minimum atomic E-state index is 0.175. The van der Waals surface area contributed by atoms with Gasteiger partial charge in [-0.3, -0.25) is 0 Å². The molecule has 2 aromatic rings. The van der Waals surface area contributed by atoms with Crippen molar-refractivity contribution >= 4 is 5.84 Å². The van der Waals surface area contributed by atoms with Gasteiger partial charge >= 0.3 is 0 Å². The number of hydrogen-bond donors (Lipinski definition) is 2. The fourth-order valence-electron chi connectivity index (χ4n) is 2.07. The van der Waals surface area contributed by atoms with Crippen LogP contribution >= 0.6 is 0 Å². The summed E-state index contributed by atoms with van der Waals surface area (Å²) in [6.07, 6.45) is 0.385. The fourth-order valence-corrected chi connectivity index (χ4v) is 2.07. The SMILES string of the molecule is COCOc1cccc(-c2ccccc2CC(N)=NO)c1. The first-order valence-electron chi connectivity index (χ1n) is 6.51. The molecule has 0 unspecified atom stereocenters. The Kier molecular flexibility index (Phi) is 5.17. The van der Waals surface area contributed by atoms with Crippen LogP contribution in [-0.4, -0.2) is 24.9 Å². The van der Waals surface area contributed by atoms with Gasteiger partial charge in [-0.25, -0.2) is 0 Å². The molecular weight excluding hydrogens is 268 g/mol. The average molecular weight is 286 g/mol. The van der Waals surface area contributed by atoms with Crippen LogP contribution in [0.4, 0.5) is 0 Å². The molecule has 2 aromatic carbocycles. The minimum absolute atomic E-state index is 0.175. The van der Waals surface area contributed by atoms with E-state index >= 15 is 0 Å². The van der Waals surface area contributed by atoms with Crippen LogP contribution in [-0.2, 0) is 11.2 Å². The van der Waals surface area contributed by atoms with Gasteiger partial charge in [0.05, 0.1) is 0 Å². The van der Waals surface area contributed by atoms with Crippen molar-refractivity contribution in [3.63, 3.8) is 0 Å². The quantitative estimate of drug-likeness (QED) is 0.281. The van der Waals surface area contributed by atoms with Crippen molar-refractivity contribution in [2.45, 2.75) is 6.42 Å². The van der Waals surface area contributed by atoms with Crippen molar-refractivity contribution in [2.75, 3.05) is 13.9 Å². The average Bonchev–Trinajstić information content (AvgIpc) is 2.53. The third-order valence-electron chi connectivity index (χ3n) is 3.01. The van der Waals surface area contributed by atoms with Crippen LogP contribution in [0.5, 0.6) is 5.75 Å². The molecule has 2 rings (SSSR count). The molecule has 110 valence electrons. The van der Waals surface area contributed by atoms with Gasteiger partial charge in [0.1, 0.15) is 11.6 Å². The molecule has 5 heteroatoms. The molecule has 0 aliphatic rings. The van der Waals surface area contributed by atoms with Crippen molar-refractivity contribution in [1.29, 1.82) is 0 Å². The lowest BCUT2D eigenvalue weighted by Gasteiger charge is -2.11. The molecule has 0 aliphatic heterocycles. The molecule has 0 spiro atoms. The maximum atomic E-state index is 8.73. The Hall–Kier alpha value is -2.53. The zero-order chi connectivity index (χ0) is 15.1. The van der Waals surface area contributed by atoms with Crippen molar-refractivity contribution in [2.24, 2.45) is 10.9 Å². The van der Waals surface area contributed by atoms with Crippen molar-refractivity contribution in [1.82, 2.24) is 0 Å². The van der Waals surface area contributed by atoms with Crippen molar-refractivity contribution in [3.8, 4) is 16.9 Å². The van der Waals surface area contributed by atoms with Gasteiger partial charge < -0.3 is 20.4 Å². The van der Waals surface area contributed by atoms with Crippen LogP contribution in [0, 0.1) is 0 Å². The maximum absolute atomic E-state index is 8.73. The highest BCUT2D eigenvalue weighted by atomic mass is 16.7. The summed E-state index contributed by atoms with van der Waals surface area (Å²) in [5.41, 5.74) is 8.61. The molecule has 0 aliphatic carbocycles. The second-order valence-corrected chi connectivity index (χ2v) is 4.50. The number of oxime groups is 1. The monoisotopic (exact) mass is 286 g/mol. The molecule has 0 radical (unpaired) electrons. The van der Waals surface area contributed by atoms with E-state index in [9.17, 15) is 0 Å².